The second-order valence-corrected chi connectivity index (χ2v) is 10.2. The SMILES string of the molecule is CNCC(CC1CCOCC1)NC(=O)N1CCCC(C(OCCNC(=O)OC)c2ccc(F)c(Cl)c2F)C1. The molecule has 2 saturated heterocycles. The van der Waals surface area contributed by atoms with Crippen LogP contribution in [0.15, 0.2) is 12.1 Å². The zero-order chi connectivity index (χ0) is 27.5. The number of hydrogen-bond donors (Lipinski definition) is 3. The largest absolute Gasteiger partial charge is 0.453 e. The van der Waals surface area contributed by atoms with Crippen LogP contribution in [0.1, 0.15) is 43.8 Å². The van der Waals surface area contributed by atoms with Gasteiger partial charge in [0.15, 0.2) is 5.82 Å². The van der Waals surface area contributed by atoms with Crippen molar-refractivity contribution >= 4 is 23.7 Å². The summed E-state index contributed by atoms with van der Waals surface area (Å²) < 4.78 is 44.9. The molecule has 9 nitrogen and oxygen atoms in total. The molecule has 3 atom stereocenters. The number of urea groups is 1. The van der Waals surface area contributed by atoms with Gasteiger partial charge in [0, 0.05) is 56.9 Å². The van der Waals surface area contributed by atoms with E-state index in [2.05, 4.69) is 20.7 Å². The van der Waals surface area contributed by atoms with E-state index in [0.29, 0.717) is 38.4 Å². The van der Waals surface area contributed by atoms with Gasteiger partial charge in [0.05, 0.1) is 19.8 Å². The lowest BCUT2D eigenvalue weighted by molar-refractivity contribution is -0.0107. The van der Waals surface area contributed by atoms with Crippen LogP contribution in [0.25, 0.3) is 0 Å². The van der Waals surface area contributed by atoms with Crippen molar-refractivity contribution < 1.29 is 32.6 Å². The van der Waals surface area contributed by atoms with E-state index in [4.69, 9.17) is 21.1 Å². The molecule has 1 aromatic carbocycles. The molecule has 0 saturated carbocycles. The smallest absolute Gasteiger partial charge is 0.406 e. The highest BCUT2D eigenvalue weighted by Crippen LogP contribution is 2.36. The van der Waals surface area contributed by atoms with Crippen LogP contribution >= 0.6 is 11.6 Å². The van der Waals surface area contributed by atoms with Crippen LogP contribution in [0.3, 0.4) is 0 Å². The van der Waals surface area contributed by atoms with Gasteiger partial charge in [-0.15, -0.1) is 0 Å². The van der Waals surface area contributed by atoms with Crippen molar-refractivity contribution in [3.8, 4) is 0 Å². The minimum absolute atomic E-state index is 0.0271. The van der Waals surface area contributed by atoms with Gasteiger partial charge in [-0.1, -0.05) is 17.7 Å². The number of rotatable bonds is 11. The van der Waals surface area contributed by atoms with Crippen molar-refractivity contribution in [3.63, 3.8) is 0 Å². The Bertz CT molecular complexity index is 922. The molecule has 1 aromatic rings. The van der Waals surface area contributed by atoms with Gasteiger partial charge in [-0.3, -0.25) is 0 Å². The molecular weight excluding hydrogens is 522 g/mol. The molecule has 2 aliphatic heterocycles. The quantitative estimate of drug-likeness (QED) is 0.281. The number of hydrogen-bond acceptors (Lipinski definition) is 6. The zero-order valence-corrected chi connectivity index (χ0v) is 22.8. The van der Waals surface area contributed by atoms with Crippen molar-refractivity contribution in [1.82, 2.24) is 20.9 Å². The molecular formula is C26H39ClF2N4O5. The Kier molecular flexibility index (Phi) is 12.3. The van der Waals surface area contributed by atoms with Crippen molar-refractivity contribution in [2.45, 2.75) is 44.2 Å². The third kappa shape index (κ3) is 8.65. The van der Waals surface area contributed by atoms with Gasteiger partial charge in [0.2, 0.25) is 0 Å². The second-order valence-electron chi connectivity index (χ2n) is 9.82. The van der Waals surface area contributed by atoms with Gasteiger partial charge in [-0.25, -0.2) is 18.4 Å². The van der Waals surface area contributed by atoms with Crippen molar-refractivity contribution in [2.24, 2.45) is 11.8 Å². The highest BCUT2D eigenvalue weighted by atomic mass is 35.5. The number of nitrogens with one attached hydrogen (secondary N) is 3. The maximum Gasteiger partial charge on any atom is 0.406 e. The Balaban J connectivity index is 1.69. The minimum Gasteiger partial charge on any atom is -0.453 e. The molecule has 3 N–H and O–H groups in total. The number of likely N-dealkylation sites (N-methyl/N-ethyl adjacent to an activating group) is 1. The van der Waals surface area contributed by atoms with Crippen LogP contribution in [-0.4, -0.2) is 83.2 Å². The van der Waals surface area contributed by atoms with Crippen LogP contribution in [-0.2, 0) is 14.2 Å². The number of carbonyl (C=O) groups excluding carboxylic acids is 2. The molecule has 3 amide bonds. The molecule has 0 aromatic heterocycles. The number of benzene rings is 1. The van der Waals surface area contributed by atoms with E-state index in [1.807, 2.05) is 7.05 Å². The maximum atomic E-state index is 15.0. The summed E-state index contributed by atoms with van der Waals surface area (Å²) in [6.07, 6.45) is 2.80. The van der Waals surface area contributed by atoms with E-state index in [1.54, 1.807) is 4.90 Å². The number of halogens is 3. The molecule has 0 spiro atoms. The van der Waals surface area contributed by atoms with Crippen LogP contribution in [0, 0.1) is 23.5 Å². The molecule has 0 aliphatic carbocycles. The normalized spacial score (nSPS) is 20.0. The van der Waals surface area contributed by atoms with E-state index in [1.165, 1.54) is 13.2 Å². The first kappa shape index (κ1) is 30.3. The lowest BCUT2D eigenvalue weighted by atomic mass is 9.88. The highest BCUT2D eigenvalue weighted by Gasteiger charge is 2.34. The van der Waals surface area contributed by atoms with Gasteiger partial charge >= 0.3 is 12.1 Å². The molecule has 3 rings (SSSR count). The third-order valence-electron chi connectivity index (χ3n) is 7.14. The number of amides is 3. The summed E-state index contributed by atoms with van der Waals surface area (Å²) >= 11 is 5.87. The summed E-state index contributed by atoms with van der Waals surface area (Å²) in [5.41, 5.74) is 0.120. The number of alkyl carbamates (subject to hydrolysis) is 1. The van der Waals surface area contributed by atoms with Crippen LogP contribution < -0.4 is 16.0 Å². The molecule has 2 fully saturated rings. The number of piperidine rings is 1. The van der Waals surface area contributed by atoms with Gasteiger partial charge < -0.3 is 35.1 Å². The lowest BCUT2D eigenvalue weighted by Crippen LogP contribution is -2.52. The topological polar surface area (TPSA) is 101 Å². The maximum absolute atomic E-state index is 15.0. The first-order valence-corrected chi connectivity index (χ1v) is 13.6. The number of methoxy groups -OCH3 is 1. The number of nitrogens with zero attached hydrogens (tertiary/aromatic N) is 1. The molecule has 0 radical (unpaired) electrons. The standard InChI is InChI=1S/C26H39ClF2N4O5/c1-30-15-19(14-17-7-11-37-12-8-17)32-25(34)33-10-3-4-18(16-33)24(38-13-9-31-26(35)36-2)20-5-6-21(28)22(27)23(20)29/h5-6,17-19,24,30H,3-4,7-16H2,1-2H3,(H,31,35)(H,32,34). The van der Waals surface area contributed by atoms with Gasteiger partial charge in [0.25, 0.3) is 0 Å². The van der Waals surface area contributed by atoms with E-state index in [0.717, 1.165) is 38.5 Å². The first-order chi connectivity index (χ1) is 18.3. The van der Waals surface area contributed by atoms with Crippen molar-refractivity contribution in [2.75, 3.05) is 60.2 Å². The average Bonchev–Trinajstić information content (AvgIpc) is 2.93. The molecule has 38 heavy (non-hydrogen) atoms. The number of carbonyl (C=O) groups is 2. The average molecular weight is 561 g/mol. The molecule has 0 bridgehead atoms. The number of likely N-dealkylation sites (tertiary alicyclic amines) is 1. The Morgan fingerprint density at radius 3 is 2.71 bits per heavy atom. The predicted molar refractivity (Wildman–Crippen MR) is 139 cm³/mol. The number of ether oxygens (including phenoxy) is 3. The van der Waals surface area contributed by atoms with E-state index >= 15 is 4.39 Å². The lowest BCUT2D eigenvalue weighted by Gasteiger charge is -2.38. The summed E-state index contributed by atoms with van der Waals surface area (Å²) in [5.74, 6) is -1.51. The fourth-order valence-corrected chi connectivity index (χ4v) is 5.36. The third-order valence-corrected chi connectivity index (χ3v) is 7.48. The molecule has 3 unspecified atom stereocenters. The summed E-state index contributed by atoms with van der Waals surface area (Å²) in [6, 6.07) is 2.23. The monoisotopic (exact) mass is 560 g/mol. The molecule has 214 valence electrons. The fraction of sp³-hybridized carbons (Fsp3) is 0.692. The van der Waals surface area contributed by atoms with E-state index in [9.17, 15) is 14.0 Å². The Morgan fingerprint density at radius 1 is 1.24 bits per heavy atom. The summed E-state index contributed by atoms with van der Waals surface area (Å²) in [7, 11) is 3.11. The van der Waals surface area contributed by atoms with Crippen molar-refractivity contribution in [1.29, 1.82) is 0 Å². The van der Waals surface area contributed by atoms with Crippen LogP contribution in [0.4, 0.5) is 18.4 Å². The Hall–Kier alpha value is -2.21. The molecule has 12 heteroatoms. The Morgan fingerprint density at radius 2 is 2.00 bits per heavy atom. The molecule has 2 heterocycles. The summed E-state index contributed by atoms with van der Waals surface area (Å²) in [5, 5.41) is 8.25. The minimum atomic E-state index is -0.885. The van der Waals surface area contributed by atoms with Crippen LogP contribution in [0.2, 0.25) is 5.02 Å². The highest BCUT2D eigenvalue weighted by molar-refractivity contribution is 6.30. The fourth-order valence-electron chi connectivity index (χ4n) is 5.18. The predicted octanol–water partition coefficient (Wildman–Crippen LogP) is 3.86. The van der Waals surface area contributed by atoms with Crippen molar-refractivity contribution in [3.05, 3.63) is 34.4 Å². The first-order valence-electron chi connectivity index (χ1n) is 13.2. The Labute approximate surface area is 227 Å². The molecule has 2 aliphatic rings. The van der Waals surface area contributed by atoms with E-state index < -0.39 is 28.9 Å². The van der Waals surface area contributed by atoms with Gasteiger partial charge in [0.1, 0.15) is 10.8 Å². The van der Waals surface area contributed by atoms with Gasteiger partial charge in [-0.2, -0.15) is 0 Å². The van der Waals surface area contributed by atoms with Crippen LogP contribution in [0.5, 0.6) is 0 Å². The second kappa shape index (κ2) is 15.4. The van der Waals surface area contributed by atoms with Gasteiger partial charge in [-0.05, 0) is 51.1 Å². The zero-order valence-electron chi connectivity index (χ0n) is 22.1. The summed E-state index contributed by atoms with van der Waals surface area (Å²) in [4.78, 5) is 26.4. The van der Waals surface area contributed by atoms with E-state index in [-0.39, 0.29) is 36.7 Å². The summed E-state index contributed by atoms with van der Waals surface area (Å²) in [6.45, 7) is 3.24.